The Kier molecular flexibility index (Phi) is 5.04. The number of hydrogen-bond donors (Lipinski definition) is 1. The fraction of sp³-hybridized carbons (Fsp3) is 0.611. The van der Waals surface area contributed by atoms with Crippen LogP contribution >= 0.6 is 0 Å². The van der Waals surface area contributed by atoms with Gasteiger partial charge in [0.05, 0.1) is 0 Å². The molecule has 0 radical (unpaired) electrons. The van der Waals surface area contributed by atoms with Crippen LogP contribution in [0.15, 0.2) is 18.2 Å². The summed E-state index contributed by atoms with van der Waals surface area (Å²) >= 11 is 0. The number of aryl methyl sites for hydroxylation is 2. The minimum absolute atomic E-state index is 0.208. The summed E-state index contributed by atoms with van der Waals surface area (Å²) in [6.07, 6.45) is 0.709. The van der Waals surface area contributed by atoms with Crippen molar-refractivity contribution < 1.29 is 4.79 Å². The van der Waals surface area contributed by atoms with Gasteiger partial charge in [-0.25, -0.2) is 0 Å². The van der Waals surface area contributed by atoms with Gasteiger partial charge in [0.1, 0.15) is 0 Å². The second kappa shape index (κ2) is 6.61. The van der Waals surface area contributed by atoms with E-state index in [1.54, 1.807) is 0 Å². The Hall–Kier alpha value is -1.35. The van der Waals surface area contributed by atoms with Gasteiger partial charge < -0.3 is 10.2 Å². The predicted molar refractivity (Wildman–Crippen MR) is 87.2 cm³/mol. The van der Waals surface area contributed by atoms with Crippen LogP contribution in [-0.4, -0.2) is 30.9 Å². The number of nitrogens with zero attached hydrogens (tertiary/aromatic N) is 1. The van der Waals surface area contributed by atoms with Gasteiger partial charge in [0.2, 0.25) is 5.91 Å². The molecule has 1 saturated heterocycles. The van der Waals surface area contributed by atoms with Crippen LogP contribution in [0.1, 0.15) is 43.0 Å². The van der Waals surface area contributed by atoms with E-state index in [1.165, 1.54) is 16.7 Å². The Morgan fingerprint density at radius 3 is 2.62 bits per heavy atom. The molecular weight excluding hydrogens is 260 g/mol. The molecule has 3 heteroatoms. The first-order valence-electron chi connectivity index (χ1n) is 7.94. The summed E-state index contributed by atoms with van der Waals surface area (Å²) in [6.45, 7) is 10.3. The van der Waals surface area contributed by atoms with Gasteiger partial charge >= 0.3 is 0 Å². The van der Waals surface area contributed by atoms with E-state index in [4.69, 9.17) is 0 Å². The third-order valence-corrected chi connectivity index (χ3v) is 4.75. The molecule has 1 aromatic carbocycles. The average molecular weight is 288 g/mol. The lowest BCUT2D eigenvalue weighted by Crippen LogP contribution is -2.35. The monoisotopic (exact) mass is 288 g/mol. The number of carbonyl (C=O) groups excluding carboxylic acids is 1. The Balaban J connectivity index is 2.13. The number of benzene rings is 1. The lowest BCUT2D eigenvalue weighted by Gasteiger charge is -2.26. The van der Waals surface area contributed by atoms with Crippen LogP contribution < -0.4 is 5.32 Å². The fourth-order valence-electron chi connectivity index (χ4n) is 3.13. The molecule has 0 bridgehead atoms. The fourth-order valence-corrected chi connectivity index (χ4v) is 3.13. The molecular formula is C18H28N2O. The third kappa shape index (κ3) is 3.65. The lowest BCUT2D eigenvalue weighted by atomic mass is 9.95. The average Bonchev–Trinajstić information content (AvgIpc) is 2.80. The number of rotatable bonds is 5. The lowest BCUT2D eigenvalue weighted by molar-refractivity contribution is -0.128. The van der Waals surface area contributed by atoms with Crippen LogP contribution in [0.3, 0.4) is 0 Å². The number of amides is 1. The van der Waals surface area contributed by atoms with E-state index >= 15 is 0 Å². The van der Waals surface area contributed by atoms with Crippen molar-refractivity contribution in [1.82, 2.24) is 10.2 Å². The summed E-state index contributed by atoms with van der Waals surface area (Å²) in [7, 11) is 1.98. The van der Waals surface area contributed by atoms with Gasteiger partial charge in [-0.3, -0.25) is 4.79 Å². The topological polar surface area (TPSA) is 32.3 Å². The van der Waals surface area contributed by atoms with Crippen molar-refractivity contribution in [3.63, 3.8) is 0 Å². The van der Waals surface area contributed by atoms with Gasteiger partial charge in [-0.1, -0.05) is 37.6 Å². The molecule has 0 aliphatic carbocycles. The Bertz CT molecular complexity index is 510. The number of likely N-dealkylation sites (tertiary alicyclic amines) is 1. The van der Waals surface area contributed by atoms with Gasteiger partial charge in [-0.15, -0.1) is 0 Å². The zero-order valence-corrected chi connectivity index (χ0v) is 13.9. The van der Waals surface area contributed by atoms with Crippen molar-refractivity contribution in [3.05, 3.63) is 34.9 Å². The van der Waals surface area contributed by atoms with Crippen LogP contribution in [-0.2, 0) is 4.79 Å². The molecule has 0 spiro atoms. The number of nitrogens with one attached hydrogen (secondary N) is 1. The minimum atomic E-state index is 0.208. The van der Waals surface area contributed by atoms with Crippen molar-refractivity contribution in [2.45, 2.75) is 40.2 Å². The maximum Gasteiger partial charge on any atom is 0.222 e. The maximum absolute atomic E-state index is 12.2. The molecule has 1 aromatic rings. The SMILES string of the molecule is CNC(CN1CC(C(C)C)CC1=O)c1cc(C)ccc1C. The Morgan fingerprint density at radius 2 is 2.05 bits per heavy atom. The van der Waals surface area contributed by atoms with Crippen LogP contribution in [0.4, 0.5) is 0 Å². The van der Waals surface area contributed by atoms with Crippen molar-refractivity contribution >= 4 is 5.91 Å². The van der Waals surface area contributed by atoms with Gasteiger partial charge in [0, 0.05) is 25.6 Å². The van der Waals surface area contributed by atoms with Gasteiger partial charge in [-0.2, -0.15) is 0 Å². The standard InChI is InChI=1S/C18H28N2O/c1-12(2)15-9-18(21)20(10-15)11-17(19-5)16-8-13(3)6-7-14(16)4/h6-8,12,15,17,19H,9-11H2,1-5H3. The van der Waals surface area contributed by atoms with E-state index in [1.807, 2.05) is 11.9 Å². The molecule has 1 amide bonds. The second-order valence-electron chi connectivity index (χ2n) is 6.71. The van der Waals surface area contributed by atoms with Crippen LogP contribution in [0.25, 0.3) is 0 Å². The third-order valence-electron chi connectivity index (χ3n) is 4.75. The first-order valence-corrected chi connectivity index (χ1v) is 7.94. The summed E-state index contributed by atoms with van der Waals surface area (Å²) in [5.41, 5.74) is 3.86. The van der Waals surface area contributed by atoms with E-state index in [9.17, 15) is 4.79 Å². The van der Waals surface area contributed by atoms with E-state index < -0.39 is 0 Å². The Morgan fingerprint density at radius 1 is 1.33 bits per heavy atom. The van der Waals surface area contributed by atoms with Gasteiger partial charge in [-0.05, 0) is 43.9 Å². The summed E-state index contributed by atoms with van der Waals surface area (Å²) in [4.78, 5) is 14.3. The second-order valence-corrected chi connectivity index (χ2v) is 6.71. The van der Waals surface area contributed by atoms with Crippen LogP contribution in [0.2, 0.25) is 0 Å². The van der Waals surface area contributed by atoms with E-state index in [-0.39, 0.29) is 6.04 Å². The summed E-state index contributed by atoms with van der Waals surface area (Å²) in [5.74, 6) is 1.39. The summed E-state index contributed by atoms with van der Waals surface area (Å²) in [6, 6.07) is 6.75. The first-order chi connectivity index (χ1) is 9.92. The summed E-state index contributed by atoms with van der Waals surface area (Å²) < 4.78 is 0. The molecule has 116 valence electrons. The highest BCUT2D eigenvalue weighted by atomic mass is 16.2. The molecule has 2 rings (SSSR count). The normalized spacial score (nSPS) is 20.4. The van der Waals surface area contributed by atoms with Crippen molar-refractivity contribution in [2.75, 3.05) is 20.1 Å². The zero-order chi connectivity index (χ0) is 15.6. The highest BCUT2D eigenvalue weighted by molar-refractivity contribution is 5.78. The molecule has 3 nitrogen and oxygen atoms in total. The molecule has 1 N–H and O–H groups in total. The van der Waals surface area contributed by atoms with E-state index in [0.717, 1.165) is 13.1 Å². The molecule has 21 heavy (non-hydrogen) atoms. The van der Waals surface area contributed by atoms with E-state index in [0.29, 0.717) is 24.2 Å². The molecule has 2 unspecified atom stereocenters. The molecule has 1 aliphatic rings. The van der Waals surface area contributed by atoms with Crippen molar-refractivity contribution in [1.29, 1.82) is 0 Å². The molecule has 0 aromatic heterocycles. The minimum Gasteiger partial charge on any atom is -0.340 e. The summed E-state index contributed by atoms with van der Waals surface area (Å²) in [5, 5.41) is 3.38. The molecule has 1 aliphatic heterocycles. The van der Waals surface area contributed by atoms with Crippen LogP contribution in [0.5, 0.6) is 0 Å². The highest BCUT2D eigenvalue weighted by Crippen LogP contribution is 2.27. The largest absolute Gasteiger partial charge is 0.340 e. The van der Waals surface area contributed by atoms with Crippen molar-refractivity contribution in [3.8, 4) is 0 Å². The molecule has 1 heterocycles. The maximum atomic E-state index is 12.2. The number of carbonyl (C=O) groups is 1. The molecule has 1 fully saturated rings. The molecule has 2 atom stereocenters. The highest BCUT2D eigenvalue weighted by Gasteiger charge is 2.32. The number of likely N-dealkylation sites (N-methyl/N-ethyl adjacent to an activating group) is 1. The van der Waals surface area contributed by atoms with Crippen molar-refractivity contribution in [2.24, 2.45) is 11.8 Å². The Labute approximate surface area is 128 Å². The smallest absolute Gasteiger partial charge is 0.222 e. The quantitative estimate of drug-likeness (QED) is 0.903. The molecule has 0 saturated carbocycles. The van der Waals surface area contributed by atoms with E-state index in [2.05, 4.69) is 51.2 Å². The first kappa shape index (κ1) is 16.0. The predicted octanol–water partition coefficient (Wildman–Crippen LogP) is 3.07. The number of hydrogen-bond acceptors (Lipinski definition) is 2. The zero-order valence-electron chi connectivity index (χ0n) is 13.9. The van der Waals surface area contributed by atoms with Gasteiger partial charge in [0.15, 0.2) is 0 Å². The van der Waals surface area contributed by atoms with Crippen LogP contribution in [0, 0.1) is 25.7 Å². The van der Waals surface area contributed by atoms with Gasteiger partial charge in [0.25, 0.3) is 0 Å².